The highest BCUT2D eigenvalue weighted by Crippen LogP contribution is 2.58. The third kappa shape index (κ3) is 2.23. The number of hydrogen-bond acceptors (Lipinski definition) is 5. The van der Waals surface area contributed by atoms with E-state index in [1.54, 1.807) is 30.3 Å². The number of nitrogens with zero attached hydrogens (tertiary/aromatic N) is 4. The molecule has 1 aliphatic rings. The number of hydrogen-bond donors (Lipinski definition) is 0. The molecule has 0 aromatic heterocycles. The van der Waals surface area contributed by atoms with Crippen molar-refractivity contribution in [1.29, 1.82) is 21.0 Å². The van der Waals surface area contributed by atoms with Crippen LogP contribution in [0.2, 0.25) is 0 Å². The molecule has 0 spiro atoms. The fourth-order valence-corrected chi connectivity index (χ4v) is 3.70. The molecule has 0 aliphatic heterocycles. The summed E-state index contributed by atoms with van der Waals surface area (Å²) >= 11 is 0. The van der Waals surface area contributed by atoms with Crippen molar-refractivity contribution in [3.8, 4) is 24.3 Å². The van der Waals surface area contributed by atoms with Crippen LogP contribution < -0.4 is 0 Å². The Kier molecular flexibility index (Phi) is 4.69. The molecule has 1 fully saturated rings. The van der Waals surface area contributed by atoms with Gasteiger partial charge in [0.1, 0.15) is 5.78 Å². The van der Waals surface area contributed by atoms with Crippen molar-refractivity contribution >= 4 is 5.78 Å². The highest BCUT2D eigenvalue weighted by molar-refractivity contribution is 5.86. The van der Waals surface area contributed by atoms with Crippen molar-refractivity contribution in [3.05, 3.63) is 35.9 Å². The maximum absolute atomic E-state index is 12.7. The zero-order valence-corrected chi connectivity index (χ0v) is 13.4. The minimum atomic E-state index is -1.96. The smallest absolute Gasteiger partial charge is 0.183 e. The molecule has 1 aliphatic carbocycles. The maximum atomic E-state index is 12.7. The van der Waals surface area contributed by atoms with Gasteiger partial charge in [-0.1, -0.05) is 43.7 Å². The summed E-state index contributed by atoms with van der Waals surface area (Å²) in [6, 6.07) is 16.4. The van der Waals surface area contributed by atoms with Crippen LogP contribution in [0.25, 0.3) is 0 Å². The number of carbonyl (C=O) groups excluding carboxylic acids is 1. The number of benzene rings is 1. The van der Waals surface area contributed by atoms with Crippen LogP contribution in [0.3, 0.4) is 0 Å². The average molecular weight is 316 g/mol. The molecule has 0 saturated heterocycles. The highest BCUT2D eigenvalue weighted by atomic mass is 16.1. The zero-order chi connectivity index (χ0) is 17.8. The fourth-order valence-electron chi connectivity index (χ4n) is 3.70. The molecule has 0 radical (unpaired) electrons. The summed E-state index contributed by atoms with van der Waals surface area (Å²) in [5.41, 5.74) is -3.20. The van der Waals surface area contributed by atoms with Crippen LogP contribution in [-0.2, 0) is 4.79 Å². The van der Waals surface area contributed by atoms with Crippen LogP contribution in [0.5, 0.6) is 0 Å². The summed E-state index contributed by atoms with van der Waals surface area (Å²) in [7, 11) is 0. The Labute approximate surface area is 141 Å². The molecule has 24 heavy (non-hydrogen) atoms. The Morgan fingerprint density at radius 2 is 1.62 bits per heavy atom. The van der Waals surface area contributed by atoms with Crippen molar-refractivity contribution in [2.75, 3.05) is 0 Å². The van der Waals surface area contributed by atoms with E-state index >= 15 is 0 Å². The zero-order valence-electron chi connectivity index (χ0n) is 13.4. The molecule has 1 aromatic carbocycles. The second kappa shape index (κ2) is 6.54. The fraction of sp³-hybridized carbons (Fsp3) is 0.421. The molecule has 0 amide bonds. The van der Waals surface area contributed by atoms with E-state index in [1.807, 2.05) is 31.2 Å². The summed E-state index contributed by atoms with van der Waals surface area (Å²) in [6.45, 7) is 1.92. The van der Waals surface area contributed by atoms with Gasteiger partial charge in [0, 0.05) is 18.3 Å². The molecule has 2 atom stereocenters. The van der Waals surface area contributed by atoms with E-state index in [-0.39, 0.29) is 12.2 Å². The van der Waals surface area contributed by atoms with E-state index in [2.05, 4.69) is 0 Å². The van der Waals surface area contributed by atoms with E-state index in [0.29, 0.717) is 18.4 Å². The molecule has 0 heterocycles. The second-order valence-corrected chi connectivity index (χ2v) is 6.09. The van der Waals surface area contributed by atoms with Crippen molar-refractivity contribution in [2.45, 2.75) is 32.1 Å². The predicted octanol–water partition coefficient (Wildman–Crippen LogP) is 3.23. The summed E-state index contributed by atoms with van der Waals surface area (Å²) in [4.78, 5) is 12.7. The van der Waals surface area contributed by atoms with Gasteiger partial charge in [-0.3, -0.25) is 4.79 Å². The van der Waals surface area contributed by atoms with Crippen LogP contribution >= 0.6 is 0 Å². The van der Waals surface area contributed by atoms with Crippen molar-refractivity contribution in [3.63, 3.8) is 0 Å². The summed E-state index contributed by atoms with van der Waals surface area (Å²) in [6.07, 6.45) is 0.838. The van der Waals surface area contributed by atoms with Gasteiger partial charge in [0.25, 0.3) is 0 Å². The third-order valence-corrected chi connectivity index (χ3v) is 4.89. The monoisotopic (exact) mass is 316 g/mol. The van der Waals surface area contributed by atoms with E-state index < -0.39 is 22.7 Å². The lowest BCUT2D eigenvalue weighted by Crippen LogP contribution is -2.53. The van der Waals surface area contributed by atoms with Gasteiger partial charge in [0.2, 0.25) is 0 Å². The Bertz CT molecular complexity index is 773. The lowest BCUT2D eigenvalue weighted by molar-refractivity contribution is -0.130. The number of rotatable bonds is 3. The van der Waals surface area contributed by atoms with Crippen LogP contribution in [0.4, 0.5) is 0 Å². The van der Waals surface area contributed by atoms with Crippen molar-refractivity contribution < 1.29 is 4.79 Å². The van der Waals surface area contributed by atoms with Crippen LogP contribution in [0.1, 0.15) is 37.7 Å². The topological polar surface area (TPSA) is 112 Å². The molecule has 2 rings (SSSR count). The van der Waals surface area contributed by atoms with Gasteiger partial charge in [-0.05, 0) is 12.0 Å². The summed E-state index contributed by atoms with van der Waals surface area (Å²) in [5.74, 6) is -1.57. The highest BCUT2D eigenvalue weighted by Gasteiger charge is 2.66. The van der Waals surface area contributed by atoms with Crippen LogP contribution in [0.15, 0.2) is 30.3 Å². The Morgan fingerprint density at radius 3 is 2.08 bits per heavy atom. The Balaban J connectivity index is 2.81. The number of nitriles is 4. The molecule has 0 N–H and O–H groups in total. The third-order valence-electron chi connectivity index (χ3n) is 4.89. The van der Waals surface area contributed by atoms with E-state index in [9.17, 15) is 25.8 Å². The lowest BCUT2D eigenvalue weighted by Gasteiger charge is -2.45. The molecule has 0 bridgehead atoms. The standard InChI is InChI=1S/C19H16N4O/c1-2-6-15-16(24)9-18(10-20,11-21)19(12-22,13-23)17(15)14-7-4-3-5-8-14/h3-5,7-8,15,17H,2,6,9H2,1H3/t15-,17+/m0/s1. The molecular weight excluding hydrogens is 300 g/mol. The quantitative estimate of drug-likeness (QED) is 0.849. The van der Waals surface area contributed by atoms with Gasteiger partial charge >= 0.3 is 0 Å². The summed E-state index contributed by atoms with van der Waals surface area (Å²) < 4.78 is 0. The molecule has 1 aromatic rings. The number of carbonyl (C=O) groups is 1. The molecular formula is C19H16N4O. The van der Waals surface area contributed by atoms with Gasteiger partial charge < -0.3 is 0 Å². The van der Waals surface area contributed by atoms with Crippen molar-refractivity contribution in [2.24, 2.45) is 16.7 Å². The second-order valence-electron chi connectivity index (χ2n) is 6.09. The SMILES string of the molecule is CCC[C@H]1C(=O)CC(C#N)(C#N)C(C#N)(C#N)[C@@H]1c1ccccc1. The normalized spacial score (nSPS) is 24.0. The minimum absolute atomic E-state index is 0.227. The molecule has 0 unspecified atom stereocenters. The molecule has 1 saturated carbocycles. The van der Waals surface area contributed by atoms with Crippen LogP contribution in [0, 0.1) is 62.1 Å². The van der Waals surface area contributed by atoms with Gasteiger partial charge in [-0.15, -0.1) is 0 Å². The minimum Gasteiger partial charge on any atom is -0.299 e. The van der Waals surface area contributed by atoms with Gasteiger partial charge in [0.05, 0.1) is 24.3 Å². The maximum Gasteiger partial charge on any atom is 0.183 e. The van der Waals surface area contributed by atoms with Crippen molar-refractivity contribution in [1.82, 2.24) is 0 Å². The van der Waals surface area contributed by atoms with Crippen LogP contribution in [-0.4, -0.2) is 5.78 Å². The summed E-state index contributed by atoms with van der Waals surface area (Å²) in [5, 5.41) is 38.9. The van der Waals surface area contributed by atoms with Gasteiger partial charge in [0.15, 0.2) is 10.8 Å². The molecule has 118 valence electrons. The number of ketones is 1. The lowest BCUT2D eigenvalue weighted by atomic mass is 9.48. The number of Topliss-reactive ketones (excluding diaryl/α,β-unsaturated/α-hetero) is 1. The van der Waals surface area contributed by atoms with Gasteiger partial charge in [-0.25, -0.2) is 0 Å². The first-order chi connectivity index (χ1) is 11.6. The van der Waals surface area contributed by atoms with E-state index in [1.165, 1.54) is 0 Å². The first kappa shape index (κ1) is 17.2. The Morgan fingerprint density at radius 1 is 1.04 bits per heavy atom. The van der Waals surface area contributed by atoms with E-state index in [4.69, 9.17) is 0 Å². The first-order valence-corrected chi connectivity index (χ1v) is 7.78. The van der Waals surface area contributed by atoms with E-state index in [0.717, 1.165) is 0 Å². The predicted molar refractivity (Wildman–Crippen MR) is 84.5 cm³/mol. The molecule has 5 heteroatoms. The largest absolute Gasteiger partial charge is 0.299 e. The Hall–Kier alpha value is -3.15. The first-order valence-electron chi connectivity index (χ1n) is 7.78. The van der Waals surface area contributed by atoms with Gasteiger partial charge in [-0.2, -0.15) is 21.0 Å². The molecule has 5 nitrogen and oxygen atoms in total. The average Bonchev–Trinajstić information content (AvgIpc) is 2.63.